The van der Waals surface area contributed by atoms with Crippen molar-refractivity contribution in [2.45, 2.75) is 24.9 Å². The third kappa shape index (κ3) is 6.74. The second-order valence-electron chi connectivity index (χ2n) is 7.60. The van der Waals surface area contributed by atoms with Crippen molar-refractivity contribution in [1.82, 2.24) is 14.7 Å². The summed E-state index contributed by atoms with van der Waals surface area (Å²) in [7, 11) is 2.08. The first kappa shape index (κ1) is 25.5. The van der Waals surface area contributed by atoms with Gasteiger partial charge in [0.05, 0.1) is 13.1 Å². The van der Waals surface area contributed by atoms with Gasteiger partial charge in [0, 0.05) is 45.6 Å². The van der Waals surface area contributed by atoms with Crippen LogP contribution in [0.3, 0.4) is 0 Å². The summed E-state index contributed by atoms with van der Waals surface area (Å²) in [6.45, 7) is 4.29. The van der Waals surface area contributed by atoms with E-state index in [4.69, 9.17) is 10.5 Å². The summed E-state index contributed by atoms with van der Waals surface area (Å²) in [6, 6.07) is 10.4. The van der Waals surface area contributed by atoms with E-state index in [9.17, 15) is 9.59 Å². The van der Waals surface area contributed by atoms with Crippen LogP contribution in [0.5, 0.6) is 0 Å². The summed E-state index contributed by atoms with van der Waals surface area (Å²) in [6.07, 6.45) is 2.14. The van der Waals surface area contributed by atoms with Gasteiger partial charge in [-0.1, -0.05) is 30.3 Å². The van der Waals surface area contributed by atoms with E-state index in [1.54, 1.807) is 9.80 Å². The fourth-order valence-corrected chi connectivity index (χ4v) is 3.79. The molecule has 7 nitrogen and oxygen atoms in total. The number of carbonyl (C=O) groups excluding carboxylic acids is 2. The quantitative estimate of drug-likeness (QED) is 0.690. The van der Waals surface area contributed by atoms with Gasteiger partial charge in [0.2, 0.25) is 5.91 Å². The summed E-state index contributed by atoms with van der Waals surface area (Å²) in [5.41, 5.74) is 6.31. The molecule has 0 radical (unpaired) electrons. The molecule has 2 aliphatic rings. The van der Waals surface area contributed by atoms with Crippen molar-refractivity contribution >= 4 is 36.8 Å². The molecule has 164 valence electrons. The number of nitrogens with two attached hydrogens (primary N) is 1. The average molecular weight is 447 g/mol. The molecule has 3 rings (SSSR count). The molecule has 2 heterocycles. The Labute approximate surface area is 185 Å². The van der Waals surface area contributed by atoms with Crippen LogP contribution in [0.2, 0.25) is 0 Å². The number of carbonyl (C=O) groups is 2. The molecule has 9 heteroatoms. The third-order valence-corrected chi connectivity index (χ3v) is 5.62. The molecule has 2 amide bonds. The largest absolute Gasteiger partial charge is 0.441 e. The fraction of sp³-hybridized carbons (Fsp3) is 0.600. The van der Waals surface area contributed by atoms with Gasteiger partial charge in [0.25, 0.3) is 0 Å². The van der Waals surface area contributed by atoms with Crippen LogP contribution < -0.4 is 5.73 Å². The summed E-state index contributed by atoms with van der Waals surface area (Å²) in [5, 5.41) is 0. The van der Waals surface area contributed by atoms with Crippen molar-refractivity contribution in [1.29, 1.82) is 0 Å². The smallest absolute Gasteiger partial charge is 0.410 e. The minimum atomic E-state index is -0.439. The Balaban J connectivity index is 0.00000210. The van der Waals surface area contributed by atoms with Crippen molar-refractivity contribution in [3.05, 3.63) is 35.9 Å². The zero-order valence-electron chi connectivity index (χ0n) is 16.9. The Morgan fingerprint density at radius 3 is 2.45 bits per heavy atom. The highest BCUT2D eigenvalue weighted by molar-refractivity contribution is 5.85. The van der Waals surface area contributed by atoms with Gasteiger partial charge in [0.1, 0.15) is 5.60 Å². The molecular formula is C20H32Cl2N4O3. The first-order chi connectivity index (χ1) is 13.0. The van der Waals surface area contributed by atoms with E-state index in [1.807, 2.05) is 6.07 Å². The minimum Gasteiger partial charge on any atom is -0.441 e. The minimum absolute atomic E-state index is 0. The lowest BCUT2D eigenvalue weighted by molar-refractivity contribution is -0.133. The van der Waals surface area contributed by atoms with Gasteiger partial charge in [-0.3, -0.25) is 4.79 Å². The molecule has 29 heavy (non-hydrogen) atoms. The molecule has 2 saturated heterocycles. The molecule has 0 bridgehead atoms. The predicted octanol–water partition coefficient (Wildman–Crippen LogP) is 1.78. The number of piperidine rings is 1. The number of amides is 2. The molecule has 0 aromatic heterocycles. The SMILES string of the molecule is CN(CCc1ccccc1)CCN1CC2(CCN(C(=O)CN)CC2)OC1=O.Cl.Cl. The van der Waals surface area contributed by atoms with Crippen molar-refractivity contribution in [3.63, 3.8) is 0 Å². The monoisotopic (exact) mass is 446 g/mol. The van der Waals surface area contributed by atoms with Crippen LogP contribution in [-0.4, -0.2) is 85.2 Å². The van der Waals surface area contributed by atoms with Crippen LogP contribution in [-0.2, 0) is 16.0 Å². The van der Waals surface area contributed by atoms with E-state index >= 15 is 0 Å². The lowest BCUT2D eigenvalue weighted by Gasteiger charge is -2.37. The van der Waals surface area contributed by atoms with Gasteiger partial charge in [-0.15, -0.1) is 24.8 Å². The van der Waals surface area contributed by atoms with Crippen molar-refractivity contribution in [2.24, 2.45) is 5.73 Å². The van der Waals surface area contributed by atoms with E-state index in [0.717, 1.165) is 19.5 Å². The lowest BCUT2D eigenvalue weighted by Crippen LogP contribution is -2.50. The number of nitrogens with zero attached hydrogens (tertiary/aromatic N) is 3. The van der Waals surface area contributed by atoms with E-state index in [0.29, 0.717) is 39.0 Å². The van der Waals surface area contributed by atoms with Gasteiger partial charge in [-0.25, -0.2) is 4.79 Å². The Kier molecular flexibility index (Phi) is 10.2. The zero-order chi connectivity index (χ0) is 19.3. The van der Waals surface area contributed by atoms with Crippen molar-refractivity contribution in [2.75, 3.05) is 52.9 Å². The molecule has 1 aromatic rings. The molecular weight excluding hydrogens is 415 g/mol. The Hall–Kier alpha value is -1.54. The number of benzene rings is 1. The number of rotatable bonds is 7. The average Bonchev–Trinajstić information content (AvgIpc) is 3.00. The van der Waals surface area contributed by atoms with Crippen LogP contribution in [0.25, 0.3) is 0 Å². The van der Waals surface area contributed by atoms with E-state index in [-0.39, 0.29) is 43.4 Å². The van der Waals surface area contributed by atoms with Gasteiger partial charge in [-0.05, 0) is 19.0 Å². The van der Waals surface area contributed by atoms with E-state index in [1.165, 1.54) is 5.56 Å². The Morgan fingerprint density at radius 2 is 1.83 bits per heavy atom. The van der Waals surface area contributed by atoms with Crippen LogP contribution in [0, 0.1) is 0 Å². The number of likely N-dealkylation sites (N-methyl/N-ethyl adjacent to an activating group) is 1. The molecule has 2 N–H and O–H groups in total. The Bertz CT molecular complexity index is 654. The van der Waals surface area contributed by atoms with E-state index in [2.05, 4.69) is 36.2 Å². The maximum absolute atomic E-state index is 12.3. The third-order valence-electron chi connectivity index (χ3n) is 5.62. The van der Waals surface area contributed by atoms with Crippen molar-refractivity contribution < 1.29 is 14.3 Å². The first-order valence-electron chi connectivity index (χ1n) is 9.69. The molecule has 0 aliphatic carbocycles. The number of halogens is 2. The number of likely N-dealkylation sites (tertiary alicyclic amines) is 1. The molecule has 1 aromatic carbocycles. The molecule has 1 spiro atoms. The normalized spacial score (nSPS) is 17.7. The predicted molar refractivity (Wildman–Crippen MR) is 118 cm³/mol. The van der Waals surface area contributed by atoms with Gasteiger partial charge < -0.3 is 25.2 Å². The van der Waals surface area contributed by atoms with E-state index < -0.39 is 5.60 Å². The highest BCUT2D eigenvalue weighted by atomic mass is 35.5. The van der Waals surface area contributed by atoms with Crippen LogP contribution in [0.4, 0.5) is 4.79 Å². The molecule has 0 saturated carbocycles. The standard InChI is InChI=1S/C20H30N4O3.2ClH/c1-22(10-7-17-5-3-2-4-6-17)13-14-24-16-20(27-19(24)26)8-11-23(12-9-20)18(25)15-21;;/h2-6H,7-16,21H2,1H3;2*1H. The van der Waals surface area contributed by atoms with Crippen molar-refractivity contribution in [3.8, 4) is 0 Å². The Morgan fingerprint density at radius 1 is 1.17 bits per heavy atom. The highest BCUT2D eigenvalue weighted by Crippen LogP contribution is 2.33. The number of hydrogen-bond acceptors (Lipinski definition) is 5. The lowest BCUT2D eigenvalue weighted by atomic mass is 9.91. The second kappa shape index (κ2) is 11.6. The maximum atomic E-state index is 12.3. The summed E-state index contributed by atoms with van der Waals surface area (Å²) < 4.78 is 5.72. The van der Waals surface area contributed by atoms with Crippen LogP contribution in [0.1, 0.15) is 18.4 Å². The molecule has 0 atom stereocenters. The molecule has 0 unspecified atom stereocenters. The number of ether oxygens (including phenoxy) is 1. The number of hydrogen-bond donors (Lipinski definition) is 1. The zero-order valence-corrected chi connectivity index (χ0v) is 18.6. The van der Waals surface area contributed by atoms with Crippen LogP contribution in [0.15, 0.2) is 30.3 Å². The molecule has 2 aliphatic heterocycles. The van der Waals surface area contributed by atoms with Gasteiger partial charge in [-0.2, -0.15) is 0 Å². The second-order valence-corrected chi connectivity index (χ2v) is 7.60. The first-order valence-corrected chi connectivity index (χ1v) is 9.69. The highest BCUT2D eigenvalue weighted by Gasteiger charge is 2.47. The topological polar surface area (TPSA) is 79.1 Å². The van der Waals surface area contributed by atoms with Gasteiger partial charge in [0.15, 0.2) is 0 Å². The van der Waals surface area contributed by atoms with Crippen LogP contribution >= 0.6 is 24.8 Å². The summed E-state index contributed by atoms with van der Waals surface area (Å²) in [4.78, 5) is 29.8. The van der Waals surface area contributed by atoms with Gasteiger partial charge >= 0.3 is 6.09 Å². The summed E-state index contributed by atoms with van der Waals surface area (Å²) >= 11 is 0. The summed E-state index contributed by atoms with van der Waals surface area (Å²) in [5.74, 6) is -0.0360. The maximum Gasteiger partial charge on any atom is 0.410 e. The molecule has 2 fully saturated rings. The fourth-order valence-electron chi connectivity index (χ4n) is 3.79.